The third-order valence-electron chi connectivity index (χ3n) is 3.78. The Hall–Kier alpha value is -2.57. The largest absolute Gasteiger partial charge is 0.496 e. The van der Waals surface area contributed by atoms with Gasteiger partial charge < -0.3 is 19.6 Å². The smallest absolute Gasteiger partial charge is 0.255 e. The first-order valence-corrected chi connectivity index (χ1v) is 8.29. The maximum atomic E-state index is 12.5. The second-order valence-electron chi connectivity index (χ2n) is 5.23. The van der Waals surface area contributed by atoms with E-state index in [1.165, 1.54) is 24.7 Å². The number of furan rings is 1. The molecule has 0 bridgehead atoms. The second-order valence-corrected chi connectivity index (χ2v) is 6.01. The molecule has 0 radical (unpaired) electrons. The molecular weight excluding hydrogens is 326 g/mol. The fraction of sp³-hybridized carbons (Fsp3) is 0.167. The molecule has 0 unspecified atom stereocenters. The van der Waals surface area contributed by atoms with Gasteiger partial charge in [0.25, 0.3) is 5.91 Å². The number of rotatable bonds is 6. The first-order valence-electron chi connectivity index (χ1n) is 7.35. The summed E-state index contributed by atoms with van der Waals surface area (Å²) in [5.74, 6) is 0.529. The van der Waals surface area contributed by atoms with Gasteiger partial charge in [-0.25, -0.2) is 0 Å². The Balaban J connectivity index is 1.83. The van der Waals surface area contributed by atoms with E-state index in [-0.39, 0.29) is 12.5 Å². The van der Waals surface area contributed by atoms with Gasteiger partial charge in [0.15, 0.2) is 5.60 Å². The summed E-state index contributed by atoms with van der Waals surface area (Å²) in [5, 5.41) is 17.6. The monoisotopic (exact) mass is 343 g/mol. The molecule has 124 valence electrons. The van der Waals surface area contributed by atoms with Crippen molar-refractivity contribution in [2.24, 2.45) is 0 Å². The molecule has 0 spiro atoms. The van der Waals surface area contributed by atoms with Gasteiger partial charge in [0.2, 0.25) is 0 Å². The first-order chi connectivity index (χ1) is 11.6. The van der Waals surface area contributed by atoms with Gasteiger partial charge >= 0.3 is 0 Å². The van der Waals surface area contributed by atoms with E-state index in [1.54, 1.807) is 36.4 Å². The zero-order valence-corrected chi connectivity index (χ0v) is 13.9. The Labute approximate surface area is 143 Å². The molecule has 0 saturated carbocycles. The van der Waals surface area contributed by atoms with Gasteiger partial charge in [-0.05, 0) is 41.1 Å². The predicted molar refractivity (Wildman–Crippen MR) is 91.4 cm³/mol. The molecule has 5 nitrogen and oxygen atoms in total. The van der Waals surface area contributed by atoms with Crippen LogP contribution in [0.2, 0.25) is 0 Å². The normalized spacial score (nSPS) is 13.2. The third kappa shape index (κ3) is 3.06. The van der Waals surface area contributed by atoms with Crippen molar-refractivity contribution in [3.63, 3.8) is 0 Å². The summed E-state index contributed by atoms with van der Waals surface area (Å²) >= 11 is 1.47. The highest BCUT2D eigenvalue weighted by molar-refractivity contribution is 7.08. The fourth-order valence-corrected chi connectivity index (χ4v) is 3.20. The molecule has 1 atom stereocenters. The van der Waals surface area contributed by atoms with E-state index in [4.69, 9.17) is 9.15 Å². The molecule has 24 heavy (non-hydrogen) atoms. The Morgan fingerprint density at radius 3 is 2.79 bits per heavy atom. The lowest BCUT2D eigenvalue weighted by atomic mass is 9.93. The van der Waals surface area contributed by atoms with Gasteiger partial charge in [-0.3, -0.25) is 4.79 Å². The minimum Gasteiger partial charge on any atom is -0.496 e. The fourth-order valence-electron chi connectivity index (χ4n) is 2.48. The maximum absolute atomic E-state index is 12.5. The van der Waals surface area contributed by atoms with Crippen molar-refractivity contribution in [3.05, 3.63) is 76.4 Å². The molecule has 6 heteroatoms. The van der Waals surface area contributed by atoms with Crippen LogP contribution in [0.3, 0.4) is 0 Å². The lowest BCUT2D eigenvalue weighted by Crippen LogP contribution is -2.41. The number of hydrogen-bond donors (Lipinski definition) is 2. The van der Waals surface area contributed by atoms with Crippen LogP contribution < -0.4 is 10.1 Å². The number of aliphatic hydroxyl groups is 1. The highest BCUT2D eigenvalue weighted by atomic mass is 32.1. The zero-order valence-electron chi connectivity index (χ0n) is 13.1. The number of hydrogen-bond acceptors (Lipinski definition) is 5. The molecule has 2 N–H and O–H groups in total. The zero-order chi connectivity index (χ0) is 17.0. The quantitative estimate of drug-likeness (QED) is 0.722. The van der Waals surface area contributed by atoms with Gasteiger partial charge in [0.05, 0.1) is 25.5 Å². The van der Waals surface area contributed by atoms with Gasteiger partial charge in [0, 0.05) is 5.56 Å². The Kier molecular flexibility index (Phi) is 4.69. The minimum absolute atomic E-state index is 0.0197. The molecule has 0 saturated heterocycles. The van der Waals surface area contributed by atoms with E-state index in [1.807, 2.05) is 16.8 Å². The molecule has 2 aromatic heterocycles. The van der Waals surface area contributed by atoms with Crippen LogP contribution in [0.15, 0.2) is 63.9 Å². The van der Waals surface area contributed by atoms with Crippen molar-refractivity contribution in [2.75, 3.05) is 13.7 Å². The number of carbonyl (C=O) groups excluding carboxylic acids is 1. The van der Waals surface area contributed by atoms with E-state index in [0.29, 0.717) is 22.6 Å². The summed E-state index contributed by atoms with van der Waals surface area (Å²) in [7, 11) is 1.51. The highest BCUT2D eigenvalue weighted by Gasteiger charge is 2.35. The standard InChI is InChI=1S/C18H17NO4S/c1-22-15-6-3-2-5-14(15)17(20)19-12-18(21,13-8-10-24-11-13)16-7-4-9-23-16/h2-11,21H,12H2,1H3,(H,19,20)/t18-/m0/s1. The van der Waals surface area contributed by atoms with E-state index in [9.17, 15) is 9.90 Å². The van der Waals surface area contributed by atoms with Crippen LogP contribution in [-0.2, 0) is 5.60 Å². The second kappa shape index (κ2) is 6.90. The van der Waals surface area contributed by atoms with E-state index in [0.717, 1.165) is 0 Å². The lowest BCUT2D eigenvalue weighted by molar-refractivity contribution is 0.0528. The third-order valence-corrected chi connectivity index (χ3v) is 4.47. The van der Waals surface area contributed by atoms with Crippen LogP contribution in [0, 0.1) is 0 Å². The lowest BCUT2D eigenvalue weighted by Gasteiger charge is -2.26. The minimum atomic E-state index is -1.43. The molecule has 0 fully saturated rings. The van der Waals surface area contributed by atoms with Crippen molar-refractivity contribution in [1.29, 1.82) is 0 Å². The number of carbonyl (C=O) groups is 1. The molecule has 0 aliphatic carbocycles. The van der Waals surface area contributed by atoms with Crippen molar-refractivity contribution in [1.82, 2.24) is 5.32 Å². The Morgan fingerprint density at radius 2 is 2.12 bits per heavy atom. The van der Waals surface area contributed by atoms with Gasteiger partial charge in [-0.2, -0.15) is 11.3 Å². The highest BCUT2D eigenvalue weighted by Crippen LogP contribution is 2.31. The summed E-state index contributed by atoms with van der Waals surface area (Å²) < 4.78 is 10.6. The van der Waals surface area contributed by atoms with Gasteiger partial charge in [-0.1, -0.05) is 12.1 Å². The molecule has 2 heterocycles. The van der Waals surface area contributed by atoms with Crippen molar-refractivity contribution in [2.45, 2.75) is 5.60 Å². The molecular formula is C18H17NO4S. The number of benzene rings is 1. The Bertz CT molecular complexity index is 762. The summed E-state index contributed by atoms with van der Waals surface area (Å²) in [6, 6.07) is 12.1. The van der Waals surface area contributed by atoms with E-state index >= 15 is 0 Å². The van der Waals surface area contributed by atoms with E-state index in [2.05, 4.69) is 5.32 Å². The number of nitrogens with one attached hydrogen (secondary N) is 1. The predicted octanol–water partition coefficient (Wildman–Crippen LogP) is 3.02. The SMILES string of the molecule is COc1ccccc1C(=O)NC[C@](O)(c1ccsc1)c1ccco1. The van der Waals surface area contributed by atoms with Crippen LogP contribution in [-0.4, -0.2) is 24.7 Å². The topological polar surface area (TPSA) is 71.7 Å². The van der Waals surface area contributed by atoms with Crippen LogP contribution in [0.1, 0.15) is 21.7 Å². The van der Waals surface area contributed by atoms with Crippen molar-refractivity contribution in [3.8, 4) is 5.75 Å². The number of para-hydroxylation sites is 1. The van der Waals surface area contributed by atoms with Gasteiger partial charge in [-0.15, -0.1) is 0 Å². The van der Waals surface area contributed by atoms with Crippen LogP contribution in [0.4, 0.5) is 0 Å². The van der Waals surface area contributed by atoms with Crippen molar-refractivity contribution >= 4 is 17.2 Å². The van der Waals surface area contributed by atoms with Crippen LogP contribution >= 0.6 is 11.3 Å². The molecule has 3 aromatic rings. The van der Waals surface area contributed by atoms with Crippen LogP contribution in [0.25, 0.3) is 0 Å². The summed E-state index contributed by atoms with van der Waals surface area (Å²) in [4.78, 5) is 12.5. The van der Waals surface area contributed by atoms with Gasteiger partial charge in [0.1, 0.15) is 11.5 Å². The summed E-state index contributed by atoms with van der Waals surface area (Å²) in [6.07, 6.45) is 1.49. The number of thiophene rings is 1. The summed E-state index contributed by atoms with van der Waals surface area (Å²) in [5.41, 5.74) is -0.351. The molecule has 0 aliphatic heterocycles. The van der Waals surface area contributed by atoms with Crippen LogP contribution in [0.5, 0.6) is 5.75 Å². The molecule has 0 aliphatic rings. The molecule has 3 rings (SSSR count). The first kappa shape index (κ1) is 16.3. The van der Waals surface area contributed by atoms with E-state index < -0.39 is 5.60 Å². The number of ether oxygens (including phenoxy) is 1. The summed E-state index contributed by atoms with van der Waals surface area (Å²) in [6.45, 7) is -0.0197. The average molecular weight is 343 g/mol. The maximum Gasteiger partial charge on any atom is 0.255 e. The number of amides is 1. The van der Waals surface area contributed by atoms with Crippen molar-refractivity contribution < 1.29 is 19.1 Å². The molecule has 1 aromatic carbocycles. The average Bonchev–Trinajstić information content (AvgIpc) is 3.33. The Morgan fingerprint density at radius 1 is 1.29 bits per heavy atom. The number of methoxy groups -OCH3 is 1. The molecule has 1 amide bonds.